The first-order valence-electron chi connectivity index (χ1n) is 6.91. The lowest BCUT2D eigenvalue weighted by Crippen LogP contribution is -2.34. The fourth-order valence-electron chi connectivity index (χ4n) is 1.72. The van der Waals surface area contributed by atoms with Crippen molar-refractivity contribution in [2.45, 2.75) is 25.7 Å². The van der Waals surface area contributed by atoms with Gasteiger partial charge in [-0.2, -0.15) is 0 Å². The van der Waals surface area contributed by atoms with Gasteiger partial charge in [0.2, 0.25) is 5.91 Å². The van der Waals surface area contributed by atoms with Crippen LogP contribution in [0, 0.1) is 0 Å². The Morgan fingerprint density at radius 2 is 1.52 bits per heavy atom. The van der Waals surface area contributed by atoms with Crippen LogP contribution in [0.3, 0.4) is 0 Å². The van der Waals surface area contributed by atoms with Gasteiger partial charge in [0.1, 0.15) is 0 Å². The van der Waals surface area contributed by atoms with Gasteiger partial charge < -0.3 is 15.7 Å². The SMILES string of the molecule is O=C(O)CCCCC(=O)NCCNC(=O)c1ccccc1. The highest BCUT2D eigenvalue weighted by Gasteiger charge is 2.05. The summed E-state index contributed by atoms with van der Waals surface area (Å²) in [6, 6.07) is 8.84. The van der Waals surface area contributed by atoms with Crippen molar-refractivity contribution in [2.75, 3.05) is 13.1 Å². The molecule has 1 aromatic rings. The van der Waals surface area contributed by atoms with Crippen molar-refractivity contribution >= 4 is 17.8 Å². The van der Waals surface area contributed by atoms with Gasteiger partial charge in [-0.25, -0.2) is 0 Å². The van der Waals surface area contributed by atoms with Crippen molar-refractivity contribution in [3.63, 3.8) is 0 Å². The smallest absolute Gasteiger partial charge is 0.303 e. The maximum Gasteiger partial charge on any atom is 0.303 e. The van der Waals surface area contributed by atoms with Crippen LogP contribution >= 0.6 is 0 Å². The van der Waals surface area contributed by atoms with E-state index in [1.807, 2.05) is 6.07 Å². The summed E-state index contributed by atoms with van der Waals surface area (Å²) in [5.41, 5.74) is 0.581. The lowest BCUT2D eigenvalue weighted by Gasteiger charge is -2.07. The summed E-state index contributed by atoms with van der Waals surface area (Å²) < 4.78 is 0. The average Bonchev–Trinajstić information content (AvgIpc) is 2.48. The summed E-state index contributed by atoms with van der Waals surface area (Å²) in [4.78, 5) is 33.4. The van der Waals surface area contributed by atoms with Gasteiger partial charge in [-0.1, -0.05) is 18.2 Å². The molecule has 0 atom stereocenters. The normalized spacial score (nSPS) is 9.90. The number of carbonyl (C=O) groups is 3. The first kappa shape index (κ1) is 16.7. The summed E-state index contributed by atoms with van der Waals surface area (Å²) in [5.74, 6) is -1.15. The summed E-state index contributed by atoms with van der Waals surface area (Å²) >= 11 is 0. The third-order valence-corrected chi connectivity index (χ3v) is 2.81. The van der Waals surface area contributed by atoms with Crippen LogP contribution in [0.4, 0.5) is 0 Å². The highest BCUT2D eigenvalue weighted by atomic mass is 16.4. The van der Waals surface area contributed by atoms with Gasteiger partial charge in [0, 0.05) is 31.5 Å². The maximum absolute atomic E-state index is 11.7. The van der Waals surface area contributed by atoms with Crippen LogP contribution in [0.5, 0.6) is 0 Å². The van der Waals surface area contributed by atoms with Crippen molar-refractivity contribution in [2.24, 2.45) is 0 Å². The van der Waals surface area contributed by atoms with E-state index in [-0.39, 0.29) is 18.2 Å². The summed E-state index contributed by atoms with van der Waals surface area (Å²) in [5, 5.41) is 13.8. The number of hydrogen-bond donors (Lipinski definition) is 3. The highest BCUT2D eigenvalue weighted by Crippen LogP contribution is 1.99. The van der Waals surface area contributed by atoms with Crippen molar-refractivity contribution in [1.29, 1.82) is 0 Å². The number of hydrogen-bond acceptors (Lipinski definition) is 3. The Hall–Kier alpha value is -2.37. The van der Waals surface area contributed by atoms with Gasteiger partial charge in [0.05, 0.1) is 0 Å². The topological polar surface area (TPSA) is 95.5 Å². The summed E-state index contributed by atoms with van der Waals surface area (Å²) in [7, 11) is 0. The summed E-state index contributed by atoms with van der Waals surface area (Å²) in [6.45, 7) is 0.713. The Labute approximate surface area is 123 Å². The number of aliphatic carboxylic acids is 1. The number of carbonyl (C=O) groups excluding carboxylic acids is 2. The number of nitrogens with one attached hydrogen (secondary N) is 2. The van der Waals surface area contributed by atoms with Gasteiger partial charge in [0.15, 0.2) is 0 Å². The molecule has 0 bridgehead atoms. The minimum Gasteiger partial charge on any atom is -0.481 e. The van der Waals surface area contributed by atoms with Gasteiger partial charge in [-0.15, -0.1) is 0 Å². The van der Waals surface area contributed by atoms with E-state index in [0.717, 1.165) is 0 Å². The molecule has 1 aromatic carbocycles. The van der Waals surface area contributed by atoms with Gasteiger partial charge >= 0.3 is 5.97 Å². The molecule has 0 aromatic heterocycles. The number of amides is 2. The average molecular weight is 292 g/mol. The molecule has 1 rings (SSSR count). The van der Waals surface area contributed by atoms with Crippen LogP contribution in [-0.4, -0.2) is 36.0 Å². The second-order valence-corrected chi connectivity index (χ2v) is 4.57. The molecule has 0 radical (unpaired) electrons. The van der Waals surface area contributed by atoms with Gasteiger partial charge in [-0.3, -0.25) is 14.4 Å². The minimum atomic E-state index is -0.848. The zero-order valence-corrected chi connectivity index (χ0v) is 11.8. The molecule has 6 nitrogen and oxygen atoms in total. The van der Waals surface area contributed by atoms with Crippen LogP contribution in [-0.2, 0) is 9.59 Å². The predicted octanol–water partition coefficient (Wildman–Crippen LogP) is 1.18. The highest BCUT2D eigenvalue weighted by molar-refractivity contribution is 5.94. The molecule has 0 spiro atoms. The molecule has 21 heavy (non-hydrogen) atoms. The fourth-order valence-corrected chi connectivity index (χ4v) is 1.72. The van der Waals surface area contributed by atoms with Crippen molar-refractivity contribution < 1.29 is 19.5 Å². The summed E-state index contributed by atoms with van der Waals surface area (Å²) in [6.07, 6.45) is 1.43. The van der Waals surface area contributed by atoms with E-state index >= 15 is 0 Å². The third kappa shape index (κ3) is 7.71. The first-order chi connectivity index (χ1) is 10.1. The number of carboxylic acids is 1. The quantitative estimate of drug-likeness (QED) is 0.595. The van der Waals surface area contributed by atoms with Gasteiger partial charge in [0.25, 0.3) is 5.91 Å². The van der Waals surface area contributed by atoms with E-state index < -0.39 is 5.97 Å². The zero-order valence-electron chi connectivity index (χ0n) is 11.8. The molecule has 114 valence electrons. The lowest BCUT2D eigenvalue weighted by molar-refractivity contribution is -0.137. The van der Waals surface area contributed by atoms with Crippen LogP contribution in [0.25, 0.3) is 0 Å². The zero-order chi connectivity index (χ0) is 15.5. The largest absolute Gasteiger partial charge is 0.481 e. The van der Waals surface area contributed by atoms with E-state index in [0.29, 0.717) is 37.9 Å². The monoisotopic (exact) mass is 292 g/mol. The first-order valence-corrected chi connectivity index (χ1v) is 6.91. The Balaban J connectivity index is 2.07. The number of unbranched alkanes of at least 4 members (excludes halogenated alkanes) is 1. The molecule has 0 saturated carbocycles. The van der Waals surface area contributed by atoms with Crippen molar-refractivity contribution in [3.8, 4) is 0 Å². The molecule has 2 amide bonds. The van der Waals surface area contributed by atoms with Crippen LogP contribution in [0.2, 0.25) is 0 Å². The molecular formula is C15H20N2O4. The fraction of sp³-hybridized carbons (Fsp3) is 0.400. The Morgan fingerprint density at radius 3 is 2.19 bits per heavy atom. The molecule has 0 unspecified atom stereocenters. The van der Waals surface area contributed by atoms with Gasteiger partial charge in [-0.05, 0) is 25.0 Å². The molecule has 6 heteroatoms. The lowest BCUT2D eigenvalue weighted by atomic mass is 10.2. The van der Waals surface area contributed by atoms with Crippen LogP contribution < -0.4 is 10.6 Å². The van der Waals surface area contributed by atoms with E-state index in [1.165, 1.54) is 0 Å². The number of rotatable bonds is 9. The molecule has 0 aliphatic carbocycles. The molecule has 0 aliphatic heterocycles. The molecule has 0 aliphatic rings. The number of carboxylic acid groups (broad SMARTS) is 1. The molecule has 0 heterocycles. The molecule has 3 N–H and O–H groups in total. The van der Waals surface area contributed by atoms with Crippen LogP contribution in [0.1, 0.15) is 36.0 Å². The Morgan fingerprint density at radius 1 is 0.905 bits per heavy atom. The van der Waals surface area contributed by atoms with Crippen molar-refractivity contribution in [1.82, 2.24) is 10.6 Å². The molecule has 0 fully saturated rings. The second kappa shape index (κ2) is 9.52. The van der Waals surface area contributed by atoms with E-state index in [4.69, 9.17) is 5.11 Å². The number of benzene rings is 1. The minimum absolute atomic E-state index is 0.0837. The van der Waals surface area contributed by atoms with Crippen molar-refractivity contribution in [3.05, 3.63) is 35.9 Å². The third-order valence-electron chi connectivity index (χ3n) is 2.81. The standard InChI is InChI=1S/C15H20N2O4/c18-13(8-4-5-9-14(19)20)16-10-11-17-15(21)12-6-2-1-3-7-12/h1-3,6-7H,4-5,8-11H2,(H,16,18)(H,17,21)(H,19,20). The maximum atomic E-state index is 11.7. The second-order valence-electron chi connectivity index (χ2n) is 4.57. The Bertz CT molecular complexity index is 474. The molecular weight excluding hydrogens is 272 g/mol. The van der Waals surface area contributed by atoms with E-state index in [1.54, 1.807) is 24.3 Å². The van der Waals surface area contributed by atoms with E-state index in [2.05, 4.69) is 10.6 Å². The van der Waals surface area contributed by atoms with Crippen LogP contribution in [0.15, 0.2) is 30.3 Å². The Kier molecular flexibility index (Phi) is 7.56. The molecule has 0 saturated heterocycles. The predicted molar refractivity (Wildman–Crippen MR) is 77.9 cm³/mol. The van der Waals surface area contributed by atoms with E-state index in [9.17, 15) is 14.4 Å².